The minimum Gasteiger partial charge on any atom is -0.504 e. The fourth-order valence-corrected chi connectivity index (χ4v) is 2.14. The summed E-state index contributed by atoms with van der Waals surface area (Å²) in [6, 6.07) is 10.8. The zero-order chi connectivity index (χ0) is 16.2. The maximum Gasteiger partial charge on any atom is 0.456 e. The van der Waals surface area contributed by atoms with Gasteiger partial charge >= 0.3 is 6.18 Å². The molecule has 0 aliphatic rings. The van der Waals surface area contributed by atoms with Crippen molar-refractivity contribution in [2.75, 3.05) is 0 Å². The van der Waals surface area contributed by atoms with Crippen molar-refractivity contribution in [1.82, 2.24) is 0 Å². The van der Waals surface area contributed by atoms with Crippen molar-refractivity contribution in [3.63, 3.8) is 0 Å². The highest BCUT2D eigenvalue weighted by molar-refractivity contribution is 7.11. The van der Waals surface area contributed by atoms with Gasteiger partial charge in [-0.2, -0.15) is 18.3 Å². The Morgan fingerprint density at radius 1 is 1.09 bits per heavy atom. The van der Waals surface area contributed by atoms with E-state index in [4.69, 9.17) is 0 Å². The van der Waals surface area contributed by atoms with Gasteiger partial charge in [0.1, 0.15) is 0 Å². The third-order valence-electron chi connectivity index (χ3n) is 2.47. The molecule has 1 heterocycles. The molecule has 0 radical (unpaired) electrons. The molecule has 2 aromatic rings. The normalized spacial score (nSPS) is 13.2. The second-order valence-corrected chi connectivity index (χ2v) is 4.98. The lowest BCUT2D eigenvalue weighted by Crippen LogP contribution is -2.24. The Labute approximate surface area is 127 Å². The molecule has 8 heteroatoms. The average molecular weight is 326 g/mol. The molecule has 4 nitrogen and oxygen atoms in total. The van der Waals surface area contributed by atoms with E-state index in [1.807, 2.05) is 0 Å². The Morgan fingerprint density at radius 3 is 2.32 bits per heavy atom. The molecule has 0 aliphatic carbocycles. The summed E-state index contributed by atoms with van der Waals surface area (Å²) in [6.07, 6.45) is -5.16. The van der Waals surface area contributed by atoms with E-state index in [2.05, 4.69) is 10.2 Å². The van der Waals surface area contributed by atoms with Crippen LogP contribution in [-0.4, -0.2) is 17.1 Å². The van der Waals surface area contributed by atoms with Crippen LogP contribution in [0.1, 0.15) is 4.88 Å². The molecule has 0 atom stereocenters. The first-order valence-electron chi connectivity index (χ1n) is 5.95. The van der Waals surface area contributed by atoms with Gasteiger partial charge in [0.15, 0.2) is 11.5 Å². The molecule has 0 spiro atoms. The standard InChI is InChI=1S/C14H9F3N2O2S/c15-14(16,17)13(21)11(12(20)10-7-4-8-22-10)19-18-9-5-2-1-3-6-9/h1-8,20H. The molecule has 0 bridgehead atoms. The number of rotatable bonds is 4. The number of thiophene rings is 1. The highest BCUT2D eigenvalue weighted by atomic mass is 32.1. The molecule has 0 saturated carbocycles. The van der Waals surface area contributed by atoms with Crippen LogP contribution >= 0.6 is 11.3 Å². The number of halogens is 3. The van der Waals surface area contributed by atoms with Gasteiger partial charge in [-0.05, 0) is 23.6 Å². The zero-order valence-corrected chi connectivity index (χ0v) is 11.7. The predicted octanol–water partition coefficient (Wildman–Crippen LogP) is 4.89. The van der Waals surface area contributed by atoms with Crippen LogP contribution in [0, 0.1) is 0 Å². The van der Waals surface area contributed by atoms with Crippen molar-refractivity contribution in [3.05, 3.63) is 58.4 Å². The second-order valence-electron chi connectivity index (χ2n) is 4.04. The number of carbonyl (C=O) groups is 1. The van der Waals surface area contributed by atoms with Gasteiger partial charge in [0.25, 0.3) is 5.78 Å². The predicted molar refractivity (Wildman–Crippen MR) is 75.9 cm³/mol. The molecule has 0 unspecified atom stereocenters. The van der Waals surface area contributed by atoms with Crippen molar-refractivity contribution in [2.24, 2.45) is 10.2 Å². The van der Waals surface area contributed by atoms with Crippen LogP contribution in [-0.2, 0) is 4.79 Å². The van der Waals surface area contributed by atoms with Crippen molar-refractivity contribution >= 4 is 28.6 Å². The number of alkyl halides is 3. The van der Waals surface area contributed by atoms with E-state index in [1.165, 1.54) is 24.3 Å². The van der Waals surface area contributed by atoms with E-state index >= 15 is 0 Å². The van der Waals surface area contributed by atoms with Crippen LogP contribution in [0.3, 0.4) is 0 Å². The van der Waals surface area contributed by atoms with E-state index in [1.54, 1.807) is 23.6 Å². The molecule has 2 rings (SSSR count). The smallest absolute Gasteiger partial charge is 0.456 e. The SMILES string of the molecule is O=C(C(N=Nc1ccccc1)=C(O)c1cccs1)C(F)(F)F. The molecule has 114 valence electrons. The van der Waals surface area contributed by atoms with Crippen LogP contribution in [0.2, 0.25) is 0 Å². The summed E-state index contributed by atoms with van der Waals surface area (Å²) in [5.41, 5.74) is -0.882. The summed E-state index contributed by atoms with van der Waals surface area (Å²) in [7, 11) is 0. The van der Waals surface area contributed by atoms with E-state index < -0.39 is 23.4 Å². The fraction of sp³-hybridized carbons (Fsp3) is 0.0714. The monoisotopic (exact) mass is 326 g/mol. The van der Waals surface area contributed by atoms with Crippen LogP contribution < -0.4 is 0 Å². The van der Waals surface area contributed by atoms with Crippen molar-refractivity contribution < 1.29 is 23.1 Å². The van der Waals surface area contributed by atoms with E-state index in [0.29, 0.717) is 0 Å². The van der Waals surface area contributed by atoms with Gasteiger partial charge < -0.3 is 5.11 Å². The Hall–Kier alpha value is -2.48. The Morgan fingerprint density at radius 2 is 1.77 bits per heavy atom. The topological polar surface area (TPSA) is 62.0 Å². The van der Waals surface area contributed by atoms with Crippen molar-refractivity contribution in [1.29, 1.82) is 0 Å². The number of Topliss-reactive ketones (excluding diaryl/α,β-unsaturated/α-hetero) is 1. The molecular formula is C14H9F3N2O2S. The summed E-state index contributed by atoms with van der Waals surface area (Å²) in [4.78, 5) is 11.5. The van der Waals surface area contributed by atoms with Crippen LogP contribution in [0.25, 0.3) is 5.76 Å². The first-order chi connectivity index (χ1) is 10.4. The number of carbonyl (C=O) groups excluding carboxylic acids is 1. The third-order valence-corrected chi connectivity index (χ3v) is 3.35. The molecule has 0 saturated heterocycles. The van der Waals surface area contributed by atoms with Gasteiger partial charge in [-0.15, -0.1) is 16.5 Å². The molecule has 0 amide bonds. The van der Waals surface area contributed by atoms with Crippen LogP contribution in [0.4, 0.5) is 18.9 Å². The zero-order valence-electron chi connectivity index (χ0n) is 10.9. The molecule has 22 heavy (non-hydrogen) atoms. The largest absolute Gasteiger partial charge is 0.504 e. The van der Waals surface area contributed by atoms with Gasteiger partial charge in [0, 0.05) is 0 Å². The molecule has 0 aliphatic heterocycles. The number of hydrogen-bond donors (Lipinski definition) is 1. The van der Waals surface area contributed by atoms with E-state index in [0.717, 1.165) is 11.3 Å². The number of ketones is 1. The third kappa shape index (κ3) is 3.79. The first-order valence-corrected chi connectivity index (χ1v) is 6.83. The maximum absolute atomic E-state index is 12.6. The highest BCUT2D eigenvalue weighted by Gasteiger charge is 2.43. The van der Waals surface area contributed by atoms with Gasteiger partial charge in [-0.25, -0.2) is 0 Å². The summed E-state index contributed by atoms with van der Waals surface area (Å²) in [5.74, 6) is -3.10. The minimum absolute atomic E-state index is 0.0969. The van der Waals surface area contributed by atoms with Gasteiger partial charge in [-0.1, -0.05) is 24.3 Å². The quantitative estimate of drug-likeness (QED) is 0.494. The number of allylic oxidation sites excluding steroid dienone is 1. The van der Waals surface area contributed by atoms with Gasteiger partial charge in [-0.3, -0.25) is 4.79 Å². The van der Waals surface area contributed by atoms with Gasteiger partial charge in [0.05, 0.1) is 10.6 Å². The second kappa shape index (κ2) is 6.52. The molecule has 1 N–H and O–H groups in total. The van der Waals surface area contributed by atoms with E-state index in [9.17, 15) is 23.1 Å². The maximum atomic E-state index is 12.6. The van der Waals surface area contributed by atoms with Crippen molar-refractivity contribution in [3.8, 4) is 0 Å². The molecular weight excluding hydrogens is 317 g/mol. The fourth-order valence-electron chi connectivity index (χ4n) is 1.47. The summed E-state index contributed by atoms with van der Waals surface area (Å²) >= 11 is 0.980. The first kappa shape index (κ1) is 15.9. The number of aliphatic hydroxyl groups is 1. The number of azo groups is 1. The number of benzene rings is 1. The van der Waals surface area contributed by atoms with Crippen LogP contribution in [0.5, 0.6) is 0 Å². The minimum atomic E-state index is -5.16. The summed E-state index contributed by atoms with van der Waals surface area (Å²) < 4.78 is 37.9. The lowest BCUT2D eigenvalue weighted by Gasteiger charge is -2.06. The Kier molecular flexibility index (Phi) is 4.71. The Bertz CT molecular complexity index is 707. The lowest BCUT2D eigenvalue weighted by molar-refractivity contribution is -0.166. The van der Waals surface area contributed by atoms with Crippen molar-refractivity contribution in [2.45, 2.75) is 6.18 Å². The number of nitrogens with zero attached hydrogens (tertiary/aromatic N) is 2. The lowest BCUT2D eigenvalue weighted by atomic mass is 10.2. The van der Waals surface area contributed by atoms with E-state index in [-0.39, 0.29) is 10.6 Å². The van der Waals surface area contributed by atoms with Crippen LogP contribution in [0.15, 0.2) is 63.8 Å². The van der Waals surface area contributed by atoms with Gasteiger partial charge in [0.2, 0.25) is 0 Å². The molecule has 1 aromatic heterocycles. The molecule has 1 aromatic carbocycles. The summed E-state index contributed by atoms with van der Waals surface area (Å²) in [6.45, 7) is 0. The number of hydrogen-bond acceptors (Lipinski definition) is 5. The number of aliphatic hydroxyl groups excluding tert-OH is 1. The Balaban J connectivity index is 2.45. The summed E-state index contributed by atoms with van der Waals surface area (Å²) in [5, 5.41) is 18.3. The average Bonchev–Trinajstić information content (AvgIpc) is 3.01. The highest BCUT2D eigenvalue weighted by Crippen LogP contribution is 2.29. The molecule has 0 fully saturated rings.